The third kappa shape index (κ3) is 0.868. The molecule has 4 bridgehead atoms. The lowest BCUT2D eigenvalue weighted by Gasteiger charge is -2.53. The smallest absolute Gasteiger partial charge is 0.0658 e. The molecule has 4 fully saturated rings. The van der Waals surface area contributed by atoms with E-state index in [0.29, 0.717) is 0 Å². The minimum absolute atomic E-state index is 0.268. The van der Waals surface area contributed by atoms with Crippen molar-refractivity contribution in [1.29, 1.82) is 0 Å². The van der Waals surface area contributed by atoms with Crippen molar-refractivity contribution in [3.8, 4) is 0 Å². The van der Waals surface area contributed by atoms with E-state index >= 15 is 0 Å². The van der Waals surface area contributed by atoms with Gasteiger partial charge in [0.2, 0.25) is 0 Å². The summed E-state index contributed by atoms with van der Waals surface area (Å²) in [6, 6.07) is 0. The van der Waals surface area contributed by atoms with Gasteiger partial charge < -0.3 is 5.11 Å². The summed E-state index contributed by atoms with van der Waals surface area (Å²) < 4.78 is 0. The van der Waals surface area contributed by atoms with E-state index in [9.17, 15) is 5.11 Å². The van der Waals surface area contributed by atoms with Crippen molar-refractivity contribution in [1.82, 2.24) is 0 Å². The zero-order chi connectivity index (χ0) is 7.47. The molecular weight excluding hydrogens is 136 g/mol. The first-order valence-electron chi connectivity index (χ1n) is 4.65. The molecule has 4 saturated carbocycles. The van der Waals surface area contributed by atoms with Crippen molar-refractivity contribution in [3.05, 3.63) is 12.3 Å². The van der Waals surface area contributed by atoms with Gasteiger partial charge in [0, 0.05) is 0 Å². The molecule has 11 heavy (non-hydrogen) atoms. The predicted octanol–water partition coefficient (Wildman–Crippen LogP) is 1.72. The lowest BCUT2D eigenvalue weighted by molar-refractivity contribution is -0.0703. The molecule has 0 saturated heterocycles. The van der Waals surface area contributed by atoms with Gasteiger partial charge in [0.05, 0.1) is 5.60 Å². The summed E-state index contributed by atoms with van der Waals surface area (Å²) in [6.07, 6.45) is 8.18. The lowest BCUT2D eigenvalue weighted by Crippen LogP contribution is -2.49. The van der Waals surface area contributed by atoms with E-state index in [1.165, 1.54) is 12.8 Å². The number of hydrogen-bond donors (Lipinski definition) is 1. The Bertz CT molecular complexity index is 150. The van der Waals surface area contributed by atoms with Gasteiger partial charge in [-0.2, -0.15) is 0 Å². The van der Waals surface area contributed by atoms with Crippen molar-refractivity contribution < 1.29 is 5.11 Å². The SMILES string of the molecule is O[C@]12C[C]3[CH]C(CC(C3)C1)C2. The van der Waals surface area contributed by atoms with E-state index in [0.717, 1.165) is 31.1 Å². The fourth-order valence-corrected chi connectivity index (χ4v) is 3.46. The van der Waals surface area contributed by atoms with Crippen LogP contribution in [0.15, 0.2) is 0 Å². The Morgan fingerprint density at radius 2 is 2.36 bits per heavy atom. The van der Waals surface area contributed by atoms with Gasteiger partial charge in [0.1, 0.15) is 0 Å². The van der Waals surface area contributed by atoms with E-state index in [2.05, 4.69) is 6.42 Å². The Balaban J connectivity index is 1.94. The van der Waals surface area contributed by atoms with Crippen LogP contribution in [0.4, 0.5) is 0 Å². The molecule has 0 heterocycles. The van der Waals surface area contributed by atoms with Gasteiger partial charge in [-0.05, 0) is 56.3 Å². The Kier molecular flexibility index (Phi) is 1.07. The maximum atomic E-state index is 10.1. The third-order valence-electron chi connectivity index (χ3n) is 3.53. The summed E-state index contributed by atoms with van der Waals surface area (Å²) in [6.45, 7) is 0. The minimum atomic E-state index is -0.268. The molecule has 4 aliphatic rings. The van der Waals surface area contributed by atoms with Gasteiger partial charge in [-0.15, -0.1) is 0 Å². The van der Waals surface area contributed by atoms with Crippen molar-refractivity contribution >= 4 is 0 Å². The first-order chi connectivity index (χ1) is 5.23. The lowest BCUT2D eigenvalue weighted by atomic mass is 9.54. The van der Waals surface area contributed by atoms with Gasteiger partial charge in [-0.25, -0.2) is 0 Å². The Morgan fingerprint density at radius 1 is 1.45 bits per heavy atom. The van der Waals surface area contributed by atoms with E-state index in [4.69, 9.17) is 0 Å². The van der Waals surface area contributed by atoms with Crippen LogP contribution in [0.2, 0.25) is 0 Å². The summed E-state index contributed by atoms with van der Waals surface area (Å²) in [5.41, 5.74) is -0.268. The average Bonchev–Trinajstić information content (AvgIpc) is 1.79. The van der Waals surface area contributed by atoms with E-state index in [1.54, 1.807) is 5.92 Å². The molecule has 0 aromatic rings. The summed E-state index contributed by atoms with van der Waals surface area (Å²) in [7, 11) is 0. The second-order valence-electron chi connectivity index (χ2n) is 4.70. The van der Waals surface area contributed by atoms with Crippen LogP contribution in [0.25, 0.3) is 0 Å². The van der Waals surface area contributed by atoms with Gasteiger partial charge in [0.15, 0.2) is 0 Å². The topological polar surface area (TPSA) is 20.2 Å². The number of rotatable bonds is 0. The molecule has 2 radical (unpaired) electrons. The van der Waals surface area contributed by atoms with Gasteiger partial charge in [-0.3, -0.25) is 0 Å². The molecule has 0 aromatic carbocycles. The molecule has 1 nitrogen and oxygen atoms in total. The van der Waals surface area contributed by atoms with E-state index in [1.807, 2.05) is 0 Å². The van der Waals surface area contributed by atoms with Crippen LogP contribution in [-0.2, 0) is 0 Å². The van der Waals surface area contributed by atoms with Crippen LogP contribution in [0.5, 0.6) is 0 Å². The van der Waals surface area contributed by atoms with E-state index in [-0.39, 0.29) is 5.60 Å². The molecule has 60 valence electrons. The Labute approximate surface area is 67.8 Å². The monoisotopic (exact) mass is 150 g/mol. The summed E-state index contributed by atoms with van der Waals surface area (Å²) in [5.74, 6) is 3.11. The number of hydrogen-bond acceptors (Lipinski definition) is 1. The second-order valence-corrected chi connectivity index (χ2v) is 4.70. The van der Waals surface area contributed by atoms with Crippen LogP contribution in [-0.4, -0.2) is 10.7 Å². The highest BCUT2D eigenvalue weighted by Gasteiger charge is 2.50. The van der Waals surface area contributed by atoms with Crippen molar-refractivity contribution in [3.63, 3.8) is 0 Å². The maximum absolute atomic E-state index is 10.1. The fraction of sp³-hybridized carbons (Fsp3) is 0.800. The van der Waals surface area contributed by atoms with Crippen molar-refractivity contribution in [2.45, 2.75) is 37.7 Å². The minimum Gasteiger partial charge on any atom is -0.390 e. The quantitative estimate of drug-likeness (QED) is 0.557. The Morgan fingerprint density at radius 3 is 3.00 bits per heavy atom. The molecule has 1 N–H and O–H groups in total. The summed E-state index contributed by atoms with van der Waals surface area (Å²) in [4.78, 5) is 0. The molecular formula is C10H14O. The highest BCUT2D eigenvalue weighted by atomic mass is 16.3. The van der Waals surface area contributed by atoms with Crippen LogP contribution < -0.4 is 0 Å². The van der Waals surface area contributed by atoms with E-state index < -0.39 is 0 Å². The highest BCUT2D eigenvalue weighted by molar-refractivity contribution is 5.23. The molecule has 2 unspecified atom stereocenters. The molecule has 0 aliphatic heterocycles. The molecule has 4 rings (SSSR count). The van der Waals surface area contributed by atoms with Crippen LogP contribution in [0.3, 0.4) is 0 Å². The largest absolute Gasteiger partial charge is 0.390 e. The average molecular weight is 150 g/mol. The second kappa shape index (κ2) is 1.82. The van der Waals surface area contributed by atoms with Crippen molar-refractivity contribution in [2.75, 3.05) is 0 Å². The maximum Gasteiger partial charge on any atom is 0.0658 e. The third-order valence-corrected chi connectivity index (χ3v) is 3.53. The Hall–Kier alpha value is -0.0400. The molecule has 3 atom stereocenters. The predicted molar refractivity (Wildman–Crippen MR) is 42.6 cm³/mol. The van der Waals surface area contributed by atoms with Gasteiger partial charge >= 0.3 is 0 Å². The van der Waals surface area contributed by atoms with Crippen molar-refractivity contribution in [2.24, 2.45) is 11.8 Å². The van der Waals surface area contributed by atoms with Crippen LogP contribution >= 0.6 is 0 Å². The highest BCUT2D eigenvalue weighted by Crippen LogP contribution is 2.55. The summed E-state index contributed by atoms with van der Waals surface area (Å²) in [5, 5.41) is 10.1. The fourth-order valence-electron chi connectivity index (χ4n) is 3.46. The molecule has 1 heteroatoms. The zero-order valence-corrected chi connectivity index (χ0v) is 6.71. The zero-order valence-electron chi connectivity index (χ0n) is 6.71. The van der Waals surface area contributed by atoms with Gasteiger partial charge in [-0.1, -0.05) is 0 Å². The normalized spacial score (nSPS) is 55.4. The summed E-state index contributed by atoms with van der Waals surface area (Å²) >= 11 is 0. The van der Waals surface area contributed by atoms with Crippen LogP contribution in [0, 0.1) is 24.2 Å². The standard InChI is InChI=1S/C10H14O/c11-10-4-7-1-8(5-10)3-9(2-7)6-10/h1,7,9,11H,2-6H2/t7?,9?,10-/m1/s1. The molecule has 0 spiro atoms. The molecule has 4 aliphatic carbocycles. The van der Waals surface area contributed by atoms with Gasteiger partial charge in [0.25, 0.3) is 0 Å². The first kappa shape index (κ1) is 6.47. The molecule has 0 amide bonds. The first-order valence-corrected chi connectivity index (χ1v) is 4.65. The molecule has 0 aromatic heterocycles. The van der Waals surface area contributed by atoms with Crippen LogP contribution in [0.1, 0.15) is 32.1 Å². The number of aliphatic hydroxyl groups is 1.